The van der Waals surface area contributed by atoms with E-state index in [9.17, 15) is 0 Å². The Labute approximate surface area is 74.0 Å². The van der Waals surface area contributed by atoms with Crippen molar-refractivity contribution in [3.05, 3.63) is 17.5 Å². The molecular formula is C10H17NO. The van der Waals surface area contributed by atoms with Gasteiger partial charge in [0.15, 0.2) is 0 Å². The molecule has 0 unspecified atom stereocenters. The monoisotopic (exact) mass is 167 g/mol. The van der Waals surface area contributed by atoms with E-state index in [0.717, 1.165) is 24.3 Å². The van der Waals surface area contributed by atoms with Crippen molar-refractivity contribution in [2.45, 2.75) is 46.0 Å². The zero-order valence-electron chi connectivity index (χ0n) is 8.35. The van der Waals surface area contributed by atoms with Crippen molar-refractivity contribution >= 4 is 0 Å². The molecule has 1 heterocycles. The first-order valence-electron chi connectivity index (χ1n) is 4.56. The maximum absolute atomic E-state index is 5.15. The highest BCUT2D eigenvalue weighted by Gasteiger charge is 2.21. The fraction of sp³-hybridized carbons (Fsp3) is 0.700. The summed E-state index contributed by atoms with van der Waals surface area (Å²) in [5.41, 5.74) is 1.22. The van der Waals surface area contributed by atoms with Crippen molar-refractivity contribution < 1.29 is 4.52 Å². The SMILES string of the molecule is CCc1cc(C(C)(C)CC)no1. The lowest BCUT2D eigenvalue weighted by Crippen LogP contribution is -2.15. The Balaban J connectivity index is 2.88. The molecule has 0 aliphatic heterocycles. The van der Waals surface area contributed by atoms with Crippen LogP contribution in [-0.4, -0.2) is 5.16 Å². The average molecular weight is 167 g/mol. The van der Waals surface area contributed by atoms with E-state index in [1.54, 1.807) is 0 Å². The second kappa shape index (κ2) is 3.30. The van der Waals surface area contributed by atoms with E-state index in [2.05, 4.69) is 38.9 Å². The molecule has 68 valence electrons. The van der Waals surface area contributed by atoms with Gasteiger partial charge in [-0.05, 0) is 6.42 Å². The summed E-state index contributed by atoms with van der Waals surface area (Å²) in [6.07, 6.45) is 2.01. The lowest BCUT2D eigenvalue weighted by atomic mass is 9.86. The highest BCUT2D eigenvalue weighted by Crippen LogP contribution is 2.25. The molecule has 0 bridgehead atoms. The number of aromatic nitrogens is 1. The minimum Gasteiger partial charge on any atom is -0.361 e. The molecule has 0 atom stereocenters. The van der Waals surface area contributed by atoms with Crippen molar-refractivity contribution in [2.75, 3.05) is 0 Å². The van der Waals surface area contributed by atoms with Gasteiger partial charge < -0.3 is 4.52 Å². The largest absolute Gasteiger partial charge is 0.361 e. The maximum Gasteiger partial charge on any atom is 0.136 e. The van der Waals surface area contributed by atoms with Gasteiger partial charge >= 0.3 is 0 Å². The van der Waals surface area contributed by atoms with Crippen LogP contribution in [0.5, 0.6) is 0 Å². The molecule has 0 spiro atoms. The van der Waals surface area contributed by atoms with Gasteiger partial charge in [0, 0.05) is 17.9 Å². The fourth-order valence-electron chi connectivity index (χ4n) is 0.980. The Bertz CT molecular complexity index is 250. The number of aryl methyl sites for hydroxylation is 1. The van der Waals surface area contributed by atoms with Gasteiger partial charge in [-0.2, -0.15) is 0 Å². The van der Waals surface area contributed by atoms with Gasteiger partial charge in [-0.25, -0.2) is 0 Å². The summed E-state index contributed by atoms with van der Waals surface area (Å²) >= 11 is 0. The number of hydrogen-bond acceptors (Lipinski definition) is 2. The highest BCUT2D eigenvalue weighted by molar-refractivity contribution is 5.14. The molecule has 0 amide bonds. The van der Waals surface area contributed by atoms with E-state index in [0.29, 0.717) is 0 Å². The molecule has 12 heavy (non-hydrogen) atoms. The Kier molecular flexibility index (Phi) is 2.55. The van der Waals surface area contributed by atoms with Crippen LogP contribution in [0.15, 0.2) is 10.6 Å². The number of rotatable bonds is 3. The summed E-state index contributed by atoms with van der Waals surface area (Å²) in [7, 11) is 0. The highest BCUT2D eigenvalue weighted by atomic mass is 16.5. The van der Waals surface area contributed by atoms with E-state index < -0.39 is 0 Å². The van der Waals surface area contributed by atoms with Crippen LogP contribution in [0.2, 0.25) is 0 Å². The first-order valence-corrected chi connectivity index (χ1v) is 4.56. The minimum absolute atomic E-state index is 0.150. The second-order valence-corrected chi connectivity index (χ2v) is 3.77. The van der Waals surface area contributed by atoms with Crippen LogP contribution >= 0.6 is 0 Å². The molecule has 0 saturated carbocycles. The van der Waals surface area contributed by atoms with E-state index in [4.69, 9.17) is 4.52 Å². The Morgan fingerprint density at radius 2 is 2.08 bits per heavy atom. The van der Waals surface area contributed by atoms with Gasteiger partial charge in [-0.15, -0.1) is 0 Å². The number of hydrogen-bond donors (Lipinski definition) is 0. The molecule has 1 rings (SSSR count). The topological polar surface area (TPSA) is 26.0 Å². The van der Waals surface area contributed by atoms with Crippen molar-refractivity contribution in [2.24, 2.45) is 0 Å². The van der Waals surface area contributed by atoms with Gasteiger partial charge in [-0.3, -0.25) is 0 Å². The first kappa shape index (κ1) is 9.30. The quantitative estimate of drug-likeness (QED) is 0.691. The fourth-order valence-corrected chi connectivity index (χ4v) is 0.980. The van der Waals surface area contributed by atoms with Gasteiger partial charge in [0.1, 0.15) is 5.76 Å². The van der Waals surface area contributed by atoms with E-state index in [1.807, 2.05) is 0 Å². The molecule has 1 aromatic rings. The zero-order chi connectivity index (χ0) is 9.19. The lowest BCUT2D eigenvalue weighted by Gasteiger charge is -2.18. The van der Waals surface area contributed by atoms with Gasteiger partial charge in [0.2, 0.25) is 0 Å². The third kappa shape index (κ3) is 1.68. The second-order valence-electron chi connectivity index (χ2n) is 3.77. The maximum atomic E-state index is 5.15. The molecular weight excluding hydrogens is 150 g/mol. The molecule has 2 heteroatoms. The van der Waals surface area contributed by atoms with Crippen molar-refractivity contribution in [3.8, 4) is 0 Å². The van der Waals surface area contributed by atoms with E-state index in [-0.39, 0.29) is 5.41 Å². The summed E-state index contributed by atoms with van der Waals surface area (Å²) in [5.74, 6) is 0.978. The molecule has 0 aromatic carbocycles. The first-order chi connectivity index (χ1) is 5.60. The van der Waals surface area contributed by atoms with Crippen LogP contribution in [0, 0.1) is 0 Å². The minimum atomic E-state index is 0.150. The molecule has 0 fully saturated rings. The Morgan fingerprint density at radius 1 is 1.42 bits per heavy atom. The van der Waals surface area contributed by atoms with Gasteiger partial charge in [0.25, 0.3) is 0 Å². The van der Waals surface area contributed by atoms with Crippen LogP contribution in [0.3, 0.4) is 0 Å². The molecule has 2 nitrogen and oxygen atoms in total. The predicted molar refractivity (Wildman–Crippen MR) is 49.2 cm³/mol. The van der Waals surface area contributed by atoms with Gasteiger partial charge in [0.05, 0.1) is 5.69 Å². The van der Waals surface area contributed by atoms with Crippen molar-refractivity contribution in [3.63, 3.8) is 0 Å². The summed E-state index contributed by atoms with van der Waals surface area (Å²) in [4.78, 5) is 0. The molecule has 0 N–H and O–H groups in total. The van der Waals surface area contributed by atoms with Crippen molar-refractivity contribution in [1.82, 2.24) is 5.16 Å². The Hall–Kier alpha value is -0.790. The van der Waals surface area contributed by atoms with Crippen LogP contribution < -0.4 is 0 Å². The standard InChI is InChI=1S/C10H17NO/c1-5-8-7-9(11-12-8)10(3,4)6-2/h7H,5-6H2,1-4H3. The summed E-state index contributed by atoms with van der Waals surface area (Å²) < 4.78 is 5.15. The van der Waals surface area contributed by atoms with Crippen molar-refractivity contribution in [1.29, 1.82) is 0 Å². The normalized spacial score (nSPS) is 12.0. The predicted octanol–water partition coefficient (Wildman–Crippen LogP) is 2.92. The van der Waals surface area contributed by atoms with Gasteiger partial charge in [-0.1, -0.05) is 32.9 Å². The third-order valence-corrected chi connectivity index (χ3v) is 2.48. The average Bonchev–Trinajstić information content (AvgIpc) is 2.52. The van der Waals surface area contributed by atoms with Crippen LogP contribution in [0.25, 0.3) is 0 Å². The van der Waals surface area contributed by atoms with E-state index >= 15 is 0 Å². The smallest absolute Gasteiger partial charge is 0.136 e. The summed E-state index contributed by atoms with van der Waals surface area (Å²) in [6, 6.07) is 2.06. The summed E-state index contributed by atoms with van der Waals surface area (Å²) in [5, 5.41) is 4.05. The molecule has 0 saturated heterocycles. The lowest BCUT2D eigenvalue weighted by molar-refractivity contribution is 0.359. The third-order valence-electron chi connectivity index (χ3n) is 2.48. The molecule has 0 radical (unpaired) electrons. The van der Waals surface area contributed by atoms with Crippen LogP contribution in [0.4, 0.5) is 0 Å². The molecule has 0 aliphatic carbocycles. The zero-order valence-corrected chi connectivity index (χ0v) is 8.35. The van der Waals surface area contributed by atoms with E-state index in [1.165, 1.54) is 0 Å². The van der Waals surface area contributed by atoms with Crippen LogP contribution in [0.1, 0.15) is 45.6 Å². The van der Waals surface area contributed by atoms with Crippen LogP contribution in [-0.2, 0) is 11.8 Å². The molecule has 1 aromatic heterocycles. The number of nitrogens with zero attached hydrogens (tertiary/aromatic N) is 1. The molecule has 0 aliphatic rings. The Morgan fingerprint density at radius 3 is 2.50 bits per heavy atom. The summed E-state index contributed by atoms with van der Waals surface area (Å²) in [6.45, 7) is 8.61.